The van der Waals surface area contributed by atoms with Crippen molar-refractivity contribution in [2.45, 2.75) is 6.54 Å². The van der Waals surface area contributed by atoms with Gasteiger partial charge >= 0.3 is 0 Å². The Labute approximate surface area is 153 Å². The lowest BCUT2D eigenvalue weighted by atomic mass is 10.2. The summed E-state index contributed by atoms with van der Waals surface area (Å²) < 4.78 is 19.5. The van der Waals surface area contributed by atoms with E-state index in [4.69, 9.17) is 4.74 Å². The van der Waals surface area contributed by atoms with E-state index in [1.807, 2.05) is 24.3 Å². The zero-order valence-electron chi connectivity index (χ0n) is 14.0. The second-order valence-corrected chi connectivity index (χ2v) is 6.65. The largest absolute Gasteiger partial charge is 0.497 e. The van der Waals surface area contributed by atoms with Gasteiger partial charge < -0.3 is 15.4 Å². The molecule has 5 nitrogen and oxygen atoms in total. The summed E-state index contributed by atoms with van der Waals surface area (Å²) in [6.45, 7) is 0.207. The molecule has 0 aliphatic carbocycles. The maximum Gasteiger partial charge on any atom is 0.261 e. The Morgan fingerprint density at radius 1 is 1.12 bits per heavy atom. The van der Waals surface area contributed by atoms with Crippen LogP contribution in [0.3, 0.4) is 0 Å². The summed E-state index contributed by atoms with van der Waals surface area (Å²) in [5.74, 6) is -0.325. The van der Waals surface area contributed by atoms with Crippen LogP contribution in [0.15, 0.2) is 48.5 Å². The van der Waals surface area contributed by atoms with Gasteiger partial charge in [0.2, 0.25) is 5.91 Å². The summed E-state index contributed by atoms with van der Waals surface area (Å²) in [6, 6.07) is 13.5. The number of hydrogen-bond donors (Lipinski definition) is 2. The molecule has 0 fully saturated rings. The fraction of sp³-hybridized carbons (Fsp3) is 0.158. The highest BCUT2D eigenvalue weighted by Crippen LogP contribution is 2.27. The number of hydrogen-bond acceptors (Lipinski definition) is 4. The van der Waals surface area contributed by atoms with Crippen LogP contribution in [0.4, 0.5) is 4.39 Å². The first kappa shape index (κ1) is 17.9. The van der Waals surface area contributed by atoms with Gasteiger partial charge in [-0.05, 0) is 35.9 Å². The average Bonchev–Trinajstić information content (AvgIpc) is 3.10. The number of ether oxygens (including phenoxy) is 1. The van der Waals surface area contributed by atoms with E-state index in [1.165, 1.54) is 23.5 Å². The minimum absolute atomic E-state index is 0.147. The molecule has 7 heteroatoms. The third-order valence-electron chi connectivity index (χ3n) is 3.79. The van der Waals surface area contributed by atoms with E-state index in [0.717, 1.165) is 11.3 Å². The summed E-state index contributed by atoms with van der Waals surface area (Å²) >= 11 is 1.19. The normalized spacial score (nSPS) is 10.5. The third kappa shape index (κ3) is 4.18. The third-order valence-corrected chi connectivity index (χ3v) is 4.89. The molecule has 0 aliphatic rings. The molecule has 2 aromatic carbocycles. The zero-order chi connectivity index (χ0) is 18.5. The zero-order valence-corrected chi connectivity index (χ0v) is 14.9. The number of carbonyl (C=O) groups excluding carboxylic acids is 2. The fourth-order valence-electron chi connectivity index (χ4n) is 2.39. The second kappa shape index (κ2) is 7.97. The number of rotatable bonds is 6. The predicted molar refractivity (Wildman–Crippen MR) is 99.0 cm³/mol. The Hall–Kier alpha value is -2.93. The van der Waals surface area contributed by atoms with Crippen molar-refractivity contribution < 1.29 is 18.7 Å². The highest BCUT2D eigenvalue weighted by molar-refractivity contribution is 7.20. The van der Waals surface area contributed by atoms with Crippen LogP contribution >= 0.6 is 11.3 Å². The Morgan fingerprint density at radius 3 is 2.58 bits per heavy atom. The smallest absolute Gasteiger partial charge is 0.261 e. The van der Waals surface area contributed by atoms with Crippen molar-refractivity contribution in [1.29, 1.82) is 0 Å². The molecular formula is C19H17FN2O3S. The maximum atomic E-state index is 13.7. The summed E-state index contributed by atoms with van der Waals surface area (Å²) in [5, 5.41) is 5.69. The highest BCUT2D eigenvalue weighted by atomic mass is 32.1. The van der Waals surface area contributed by atoms with Gasteiger partial charge in [0.15, 0.2) is 0 Å². The minimum Gasteiger partial charge on any atom is -0.497 e. The quantitative estimate of drug-likeness (QED) is 0.699. The standard InChI is InChI=1S/C19H17FN2O3S/c1-25-13-7-5-12(6-8-13)10-21-18(23)11-22-19(24)17-9-14-15(20)3-2-4-16(14)26-17/h2-9H,10-11H2,1H3,(H,21,23)(H,22,24). The summed E-state index contributed by atoms with van der Waals surface area (Å²) in [7, 11) is 1.59. The van der Waals surface area contributed by atoms with Crippen LogP contribution in [-0.2, 0) is 11.3 Å². The van der Waals surface area contributed by atoms with Crippen molar-refractivity contribution in [2.75, 3.05) is 13.7 Å². The van der Waals surface area contributed by atoms with E-state index >= 15 is 0 Å². The number of methoxy groups -OCH3 is 1. The van der Waals surface area contributed by atoms with Crippen molar-refractivity contribution in [3.8, 4) is 5.75 Å². The van der Waals surface area contributed by atoms with Crippen LogP contribution < -0.4 is 15.4 Å². The first-order chi connectivity index (χ1) is 12.6. The summed E-state index contributed by atoms with van der Waals surface area (Å²) in [6.07, 6.45) is 0. The Balaban J connectivity index is 1.51. The van der Waals surface area contributed by atoms with Gasteiger partial charge in [-0.25, -0.2) is 4.39 Å². The molecule has 2 N–H and O–H groups in total. The van der Waals surface area contributed by atoms with Gasteiger partial charge in [-0.15, -0.1) is 11.3 Å². The lowest BCUT2D eigenvalue weighted by Crippen LogP contribution is -2.36. The van der Waals surface area contributed by atoms with Crippen molar-refractivity contribution in [3.05, 3.63) is 64.8 Å². The van der Waals surface area contributed by atoms with Crippen molar-refractivity contribution in [1.82, 2.24) is 10.6 Å². The molecule has 0 spiro atoms. The second-order valence-electron chi connectivity index (χ2n) is 5.57. The molecule has 3 aromatic rings. The number of benzene rings is 2. The molecule has 0 unspecified atom stereocenters. The molecule has 3 rings (SSSR count). The van der Waals surface area contributed by atoms with Crippen LogP contribution in [0.1, 0.15) is 15.2 Å². The van der Waals surface area contributed by atoms with Crippen LogP contribution in [0.5, 0.6) is 5.75 Å². The van der Waals surface area contributed by atoms with Crippen LogP contribution in [-0.4, -0.2) is 25.5 Å². The first-order valence-corrected chi connectivity index (χ1v) is 8.74. The lowest BCUT2D eigenvalue weighted by molar-refractivity contribution is -0.120. The molecular weight excluding hydrogens is 355 g/mol. The van der Waals surface area contributed by atoms with Crippen LogP contribution in [0, 0.1) is 5.82 Å². The van der Waals surface area contributed by atoms with Crippen LogP contribution in [0.25, 0.3) is 10.1 Å². The van der Waals surface area contributed by atoms with Gasteiger partial charge in [0.1, 0.15) is 11.6 Å². The molecule has 0 atom stereocenters. The van der Waals surface area contributed by atoms with Gasteiger partial charge in [0.25, 0.3) is 5.91 Å². The lowest BCUT2D eigenvalue weighted by Gasteiger charge is -2.07. The van der Waals surface area contributed by atoms with E-state index in [2.05, 4.69) is 10.6 Å². The fourth-order valence-corrected chi connectivity index (χ4v) is 3.38. The van der Waals surface area contributed by atoms with Crippen molar-refractivity contribution in [2.24, 2.45) is 0 Å². The van der Waals surface area contributed by atoms with Crippen LogP contribution in [0.2, 0.25) is 0 Å². The molecule has 1 heterocycles. The molecule has 0 aliphatic heterocycles. The van der Waals surface area contributed by atoms with Gasteiger partial charge in [-0.3, -0.25) is 9.59 Å². The molecule has 0 bridgehead atoms. The summed E-state index contributed by atoms with van der Waals surface area (Å²) in [5.41, 5.74) is 0.922. The number of amides is 2. The molecule has 0 saturated heterocycles. The SMILES string of the molecule is COc1ccc(CNC(=O)CNC(=O)c2cc3c(F)cccc3s2)cc1. The van der Waals surface area contributed by atoms with Gasteiger partial charge in [-0.1, -0.05) is 18.2 Å². The summed E-state index contributed by atoms with van der Waals surface area (Å²) in [4.78, 5) is 24.4. The number of fused-ring (bicyclic) bond motifs is 1. The van der Waals surface area contributed by atoms with E-state index in [0.29, 0.717) is 21.5 Å². The Bertz CT molecular complexity index is 938. The minimum atomic E-state index is -0.398. The maximum absolute atomic E-state index is 13.7. The van der Waals surface area contributed by atoms with E-state index in [-0.39, 0.29) is 18.3 Å². The first-order valence-electron chi connectivity index (χ1n) is 7.92. The molecule has 26 heavy (non-hydrogen) atoms. The highest BCUT2D eigenvalue weighted by Gasteiger charge is 2.13. The van der Waals surface area contributed by atoms with Gasteiger partial charge in [0.05, 0.1) is 18.5 Å². The van der Waals surface area contributed by atoms with Gasteiger partial charge in [-0.2, -0.15) is 0 Å². The number of thiophene rings is 1. The van der Waals surface area contributed by atoms with Crippen molar-refractivity contribution >= 4 is 33.2 Å². The number of nitrogens with one attached hydrogen (secondary N) is 2. The van der Waals surface area contributed by atoms with E-state index < -0.39 is 5.91 Å². The molecule has 0 saturated carbocycles. The predicted octanol–water partition coefficient (Wildman–Crippen LogP) is 3.10. The average molecular weight is 372 g/mol. The van der Waals surface area contributed by atoms with E-state index in [9.17, 15) is 14.0 Å². The Morgan fingerprint density at radius 2 is 1.88 bits per heavy atom. The molecule has 1 aromatic heterocycles. The van der Waals surface area contributed by atoms with Crippen molar-refractivity contribution in [3.63, 3.8) is 0 Å². The molecule has 2 amide bonds. The molecule has 134 valence electrons. The van der Waals surface area contributed by atoms with Gasteiger partial charge in [0, 0.05) is 16.6 Å². The number of halogens is 1. The molecule has 0 radical (unpaired) electrons. The monoisotopic (exact) mass is 372 g/mol. The topological polar surface area (TPSA) is 67.4 Å². The van der Waals surface area contributed by atoms with E-state index in [1.54, 1.807) is 19.2 Å². The Kier molecular flexibility index (Phi) is 5.48. The number of carbonyl (C=O) groups is 2.